The van der Waals surface area contributed by atoms with E-state index in [1.807, 2.05) is 11.7 Å². The van der Waals surface area contributed by atoms with E-state index in [0.717, 1.165) is 12.2 Å². The average molecular weight is 207 g/mol. The van der Waals surface area contributed by atoms with E-state index in [9.17, 15) is 0 Å². The normalized spacial score (nSPS) is 18.5. The molecule has 1 aliphatic carbocycles. The van der Waals surface area contributed by atoms with Gasteiger partial charge in [0.15, 0.2) is 0 Å². The molecule has 3 nitrogen and oxygen atoms in total. The molecule has 0 radical (unpaired) electrons. The van der Waals surface area contributed by atoms with Gasteiger partial charge >= 0.3 is 0 Å². The van der Waals surface area contributed by atoms with Gasteiger partial charge < -0.3 is 5.73 Å². The van der Waals surface area contributed by atoms with Gasteiger partial charge in [-0.05, 0) is 25.2 Å². The predicted molar refractivity (Wildman–Crippen MR) is 62.7 cm³/mol. The Morgan fingerprint density at radius 2 is 2.07 bits per heavy atom. The van der Waals surface area contributed by atoms with Crippen molar-refractivity contribution in [1.29, 1.82) is 0 Å². The van der Waals surface area contributed by atoms with E-state index >= 15 is 0 Å². The van der Waals surface area contributed by atoms with Crippen molar-refractivity contribution < 1.29 is 0 Å². The monoisotopic (exact) mass is 207 g/mol. The fourth-order valence-corrected chi connectivity index (χ4v) is 2.10. The van der Waals surface area contributed by atoms with Crippen molar-refractivity contribution in [2.45, 2.75) is 45.4 Å². The zero-order chi connectivity index (χ0) is 11.2. The predicted octanol–water partition coefficient (Wildman–Crippen LogP) is 2.25. The van der Waals surface area contributed by atoms with Gasteiger partial charge in [0.25, 0.3) is 0 Å². The first kappa shape index (κ1) is 10.5. The lowest BCUT2D eigenvalue weighted by Crippen LogP contribution is -2.07. The number of aromatic nitrogens is 2. The maximum atomic E-state index is 6.08. The highest BCUT2D eigenvalue weighted by Crippen LogP contribution is 2.49. The van der Waals surface area contributed by atoms with Gasteiger partial charge in [-0.25, -0.2) is 0 Å². The zero-order valence-electron chi connectivity index (χ0n) is 10.2. The number of nitrogens with zero attached hydrogens (tertiary/aromatic N) is 2. The lowest BCUT2D eigenvalue weighted by atomic mass is 9.95. The Morgan fingerprint density at radius 3 is 2.53 bits per heavy atom. The molecular weight excluding hydrogens is 186 g/mol. The minimum Gasteiger partial charge on any atom is -0.384 e. The first-order chi connectivity index (χ1) is 6.94. The van der Waals surface area contributed by atoms with Crippen molar-refractivity contribution >= 4 is 5.82 Å². The highest BCUT2D eigenvalue weighted by Gasteiger charge is 2.43. The molecule has 0 aliphatic heterocycles. The lowest BCUT2D eigenvalue weighted by Gasteiger charge is -2.10. The summed E-state index contributed by atoms with van der Waals surface area (Å²) in [7, 11) is 1.94. The summed E-state index contributed by atoms with van der Waals surface area (Å²) in [5, 5.41) is 4.59. The molecule has 1 aromatic rings. The molecule has 0 amide bonds. The maximum absolute atomic E-state index is 6.08. The Balaban J connectivity index is 2.40. The highest BCUT2D eigenvalue weighted by atomic mass is 15.3. The summed E-state index contributed by atoms with van der Waals surface area (Å²) in [5.41, 5.74) is 8.93. The van der Waals surface area contributed by atoms with Gasteiger partial charge in [-0.15, -0.1) is 0 Å². The Bertz CT molecular complexity index is 372. The molecule has 0 bridgehead atoms. The molecule has 84 valence electrons. The molecule has 3 heteroatoms. The third kappa shape index (κ3) is 1.75. The van der Waals surface area contributed by atoms with Crippen LogP contribution in [0.3, 0.4) is 0 Å². The molecule has 2 N–H and O–H groups in total. The van der Waals surface area contributed by atoms with Crippen molar-refractivity contribution in [1.82, 2.24) is 9.78 Å². The largest absolute Gasteiger partial charge is 0.384 e. The summed E-state index contributed by atoms with van der Waals surface area (Å²) >= 11 is 0. The van der Waals surface area contributed by atoms with Crippen molar-refractivity contribution in [3.05, 3.63) is 11.3 Å². The number of hydrogen-bond donors (Lipinski definition) is 1. The van der Waals surface area contributed by atoms with Crippen LogP contribution in [0.25, 0.3) is 0 Å². The van der Waals surface area contributed by atoms with Gasteiger partial charge in [0.1, 0.15) is 5.82 Å². The minimum atomic E-state index is 0.319. The van der Waals surface area contributed by atoms with Crippen molar-refractivity contribution in [3.8, 4) is 0 Å². The van der Waals surface area contributed by atoms with E-state index < -0.39 is 0 Å². The molecule has 1 fully saturated rings. The number of nitrogen functional groups attached to an aromatic ring is 1. The fourth-order valence-electron chi connectivity index (χ4n) is 2.10. The summed E-state index contributed by atoms with van der Waals surface area (Å²) in [6.45, 7) is 6.75. The summed E-state index contributed by atoms with van der Waals surface area (Å²) < 4.78 is 1.83. The van der Waals surface area contributed by atoms with Gasteiger partial charge in [-0.1, -0.05) is 20.8 Å². The number of anilines is 1. The molecule has 15 heavy (non-hydrogen) atoms. The van der Waals surface area contributed by atoms with Crippen LogP contribution in [-0.4, -0.2) is 9.78 Å². The number of aryl methyl sites for hydroxylation is 1. The first-order valence-electron chi connectivity index (χ1n) is 5.76. The second-order valence-electron chi connectivity index (χ2n) is 5.49. The molecule has 0 atom stereocenters. The van der Waals surface area contributed by atoms with Crippen LogP contribution in [0.15, 0.2) is 0 Å². The minimum absolute atomic E-state index is 0.319. The summed E-state index contributed by atoms with van der Waals surface area (Å²) in [6, 6.07) is 0. The smallest absolute Gasteiger partial charge is 0.124 e. The van der Waals surface area contributed by atoms with E-state index in [1.54, 1.807) is 0 Å². The van der Waals surface area contributed by atoms with Crippen LogP contribution >= 0.6 is 0 Å². The van der Waals surface area contributed by atoms with Crippen LogP contribution in [0.5, 0.6) is 0 Å². The Labute approximate surface area is 91.7 Å². The third-order valence-electron chi connectivity index (χ3n) is 3.38. The molecule has 0 unspecified atom stereocenters. The quantitative estimate of drug-likeness (QED) is 0.826. The summed E-state index contributed by atoms with van der Waals surface area (Å²) in [4.78, 5) is 0. The van der Waals surface area contributed by atoms with Crippen LogP contribution in [0.4, 0.5) is 5.82 Å². The first-order valence-corrected chi connectivity index (χ1v) is 5.76. The van der Waals surface area contributed by atoms with Crippen molar-refractivity contribution in [2.24, 2.45) is 13.0 Å². The molecular formula is C12H21N3. The van der Waals surface area contributed by atoms with Crippen LogP contribution in [0, 0.1) is 5.92 Å². The molecule has 0 spiro atoms. The van der Waals surface area contributed by atoms with Gasteiger partial charge in [0.2, 0.25) is 0 Å². The van der Waals surface area contributed by atoms with Gasteiger partial charge in [-0.3, -0.25) is 4.68 Å². The maximum Gasteiger partial charge on any atom is 0.124 e. The van der Waals surface area contributed by atoms with Gasteiger partial charge in [0, 0.05) is 18.0 Å². The van der Waals surface area contributed by atoms with Crippen molar-refractivity contribution in [2.75, 3.05) is 5.73 Å². The molecule has 1 saturated carbocycles. The molecule has 1 aromatic heterocycles. The Morgan fingerprint density at radius 1 is 1.47 bits per heavy atom. The topological polar surface area (TPSA) is 43.8 Å². The summed E-state index contributed by atoms with van der Waals surface area (Å²) in [6.07, 6.45) is 3.56. The van der Waals surface area contributed by atoms with Gasteiger partial charge in [0.05, 0.1) is 5.69 Å². The second kappa shape index (κ2) is 3.26. The van der Waals surface area contributed by atoms with E-state index in [0.29, 0.717) is 11.3 Å². The number of nitrogens with two attached hydrogens (primary N) is 1. The van der Waals surface area contributed by atoms with Crippen LogP contribution in [-0.2, 0) is 18.9 Å². The molecule has 2 rings (SSSR count). The Kier molecular flexibility index (Phi) is 2.28. The standard InChI is InChI=1S/C12H21N3/c1-8(2)7-9-10(12(3)5-6-12)14-15(4)11(9)13/h8H,5-7,13H2,1-4H3. The average Bonchev–Trinajstić information content (AvgIpc) is 2.82. The molecule has 1 heterocycles. The molecule has 0 saturated heterocycles. The third-order valence-corrected chi connectivity index (χ3v) is 3.38. The van der Waals surface area contributed by atoms with E-state index in [2.05, 4.69) is 25.9 Å². The molecule has 0 aromatic carbocycles. The number of rotatable bonds is 3. The lowest BCUT2D eigenvalue weighted by molar-refractivity contribution is 0.629. The fraction of sp³-hybridized carbons (Fsp3) is 0.750. The molecule has 1 aliphatic rings. The van der Waals surface area contributed by atoms with Crippen molar-refractivity contribution in [3.63, 3.8) is 0 Å². The second-order valence-corrected chi connectivity index (χ2v) is 5.49. The van der Waals surface area contributed by atoms with Crippen LogP contribution < -0.4 is 5.73 Å². The zero-order valence-corrected chi connectivity index (χ0v) is 10.2. The van der Waals surface area contributed by atoms with Gasteiger partial charge in [-0.2, -0.15) is 5.10 Å². The summed E-state index contributed by atoms with van der Waals surface area (Å²) in [5.74, 6) is 1.49. The van der Waals surface area contributed by atoms with E-state index in [4.69, 9.17) is 5.73 Å². The number of hydrogen-bond acceptors (Lipinski definition) is 2. The van der Waals surface area contributed by atoms with E-state index in [1.165, 1.54) is 24.1 Å². The Hall–Kier alpha value is -0.990. The van der Waals surface area contributed by atoms with Crippen LogP contribution in [0.2, 0.25) is 0 Å². The van der Waals surface area contributed by atoms with E-state index in [-0.39, 0.29) is 0 Å². The highest BCUT2D eigenvalue weighted by molar-refractivity contribution is 5.47. The van der Waals surface area contributed by atoms with Crippen LogP contribution in [0.1, 0.15) is 44.9 Å². The SMILES string of the molecule is CC(C)Cc1c(C2(C)CC2)nn(C)c1N.